The fourth-order valence-corrected chi connectivity index (χ4v) is 0.203. The van der Waals surface area contributed by atoms with Gasteiger partial charge in [0.05, 0.1) is 6.61 Å². The van der Waals surface area contributed by atoms with Crippen molar-refractivity contribution >= 4 is 41.2 Å². The standard InChI is InChI=1S/C4H8O2.3C3H6O2.Al/c1-3-6-4(2)5;3*1-2-3(4)5;/h3H2,1-2H3;3*2H2,1H3,(H,4,5);/q;;;;+3/p-3. The average Bonchev–Trinajstić information content (AvgIpc) is 2.40. The van der Waals surface area contributed by atoms with Gasteiger partial charge in [0.2, 0.25) is 0 Å². The minimum absolute atomic E-state index is 0. The molecule has 0 spiro atoms. The van der Waals surface area contributed by atoms with Crippen LogP contribution in [0.5, 0.6) is 0 Å². The summed E-state index contributed by atoms with van der Waals surface area (Å²) in [6, 6.07) is 0. The van der Waals surface area contributed by atoms with Crippen LogP contribution in [0, 0.1) is 0 Å². The molecule has 126 valence electrons. The topological polar surface area (TPSA) is 147 Å². The van der Waals surface area contributed by atoms with Gasteiger partial charge in [-0.15, -0.1) is 0 Å². The summed E-state index contributed by atoms with van der Waals surface area (Å²) in [6.45, 7) is 8.26. The second kappa shape index (κ2) is 27.7. The van der Waals surface area contributed by atoms with Crippen LogP contribution in [-0.4, -0.2) is 47.8 Å². The largest absolute Gasteiger partial charge is 3.00 e. The monoisotopic (exact) mass is 334 g/mol. The molecule has 0 saturated heterocycles. The third-order valence-corrected chi connectivity index (χ3v) is 1.21. The van der Waals surface area contributed by atoms with Gasteiger partial charge in [-0.2, -0.15) is 0 Å². The van der Waals surface area contributed by atoms with Crippen LogP contribution >= 0.6 is 0 Å². The molecule has 0 amide bonds. The number of hydrogen-bond donors (Lipinski definition) is 0. The van der Waals surface area contributed by atoms with E-state index in [0.717, 1.165) is 0 Å². The molecule has 0 fully saturated rings. The Morgan fingerprint density at radius 3 is 0.909 bits per heavy atom. The minimum atomic E-state index is -0.995. The SMILES string of the molecule is CCC(=O)[O-].CCC(=O)[O-].CCC(=O)[O-].CCOC(C)=O.[Al+3]. The van der Waals surface area contributed by atoms with E-state index in [2.05, 4.69) is 4.74 Å². The first-order valence-corrected chi connectivity index (χ1v) is 6.31. The fourth-order valence-electron chi connectivity index (χ4n) is 0.203. The van der Waals surface area contributed by atoms with Gasteiger partial charge in [0.15, 0.2) is 0 Å². The first-order chi connectivity index (χ1) is 9.58. The van der Waals surface area contributed by atoms with Crippen molar-refractivity contribution in [2.45, 2.75) is 53.9 Å². The van der Waals surface area contributed by atoms with Crippen molar-refractivity contribution in [2.75, 3.05) is 6.61 Å². The quantitative estimate of drug-likeness (QED) is 0.409. The van der Waals surface area contributed by atoms with Crippen LogP contribution in [0.4, 0.5) is 0 Å². The summed E-state index contributed by atoms with van der Waals surface area (Å²) < 4.78 is 4.40. The van der Waals surface area contributed by atoms with Gasteiger partial charge >= 0.3 is 23.3 Å². The molecular weight excluding hydrogens is 311 g/mol. The van der Waals surface area contributed by atoms with Crippen LogP contribution < -0.4 is 15.3 Å². The number of hydrogen-bond acceptors (Lipinski definition) is 8. The van der Waals surface area contributed by atoms with Crippen molar-refractivity contribution in [1.29, 1.82) is 0 Å². The number of carbonyl (C=O) groups is 4. The summed E-state index contributed by atoms with van der Waals surface area (Å²) in [5, 5.41) is 27.8. The first kappa shape index (κ1) is 32.4. The smallest absolute Gasteiger partial charge is 0.550 e. The molecule has 0 unspecified atom stereocenters. The van der Waals surface area contributed by atoms with E-state index in [0.29, 0.717) is 6.61 Å². The van der Waals surface area contributed by atoms with Crippen LogP contribution in [0.2, 0.25) is 0 Å². The molecule has 9 heteroatoms. The molecule has 0 saturated carbocycles. The molecule has 0 aromatic heterocycles. The minimum Gasteiger partial charge on any atom is -0.550 e. The molecular formula is C13H23AlO8. The Morgan fingerprint density at radius 1 is 0.727 bits per heavy atom. The van der Waals surface area contributed by atoms with Crippen molar-refractivity contribution in [3.63, 3.8) is 0 Å². The number of ether oxygens (including phenoxy) is 1. The Morgan fingerprint density at radius 2 is 0.909 bits per heavy atom. The maximum atomic E-state index is 9.82. The molecule has 0 radical (unpaired) electrons. The molecule has 8 nitrogen and oxygen atoms in total. The Balaban J connectivity index is -0.0000000577. The van der Waals surface area contributed by atoms with Crippen molar-refractivity contribution < 1.29 is 39.2 Å². The second-order valence-corrected chi connectivity index (χ2v) is 3.10. The van der Waals surface area contributed by atoms with Gasteiger partial charge in [0, 0.05) is 24.8 Å². The van der Waals surface area contributed by atoms with Crippen molar-refractivity contribution in [3.05, 3.63) is 0 Å². The predicted octanol–water partition coefficient (Wildman–Crippen LogP) is -2.37. The first-order valence-electron chi connectivity index (χ1n) is 6.31. The Labute approximate surface area is 141 Å². The number of carboxylic acid groups (broad SMARTS) is 3. The molecule has 0 atom stereocenters. The summed E-state index contributed by atoms with van der Waals surface area (Å²) in [4.78, 5) is 37.6. The van der Waals surface area contributed by atoms with E-state index in [4.69, 9.17) is 0 Å². The normalized spacial score (nSPS) is 7.14. The average molecular weight is 334 g/mol. The van der Waals surface area contributed by atoms with E-state index in [9.17, 15) is 34.5 Å². The van der Waals surface area contributed by atoms with Gasteiger partial charge in [0.25, 0.3) is 0 Å². The van der Waals surface area contributed by atoms with E-state index in [1.165, 1.54) is 27.7 Å². The molecule has 0 bridgehead atoms. The third-order valence-electron chi connectivity index (χ3n) is 1.21. The molecule has 0 aromatic carbocycles. The van der Waals surface area contributed by atoms with Crippen LogP contribution in [0.15, 0.2) is 0 Å². The zero-order valence-electron chi connectivity index (χ0n) is 13.7. The summed E-state index contributed by atoms with van der Waals surface area (Å²) in [7, 11) is 0. The number of esters is 1. The van der Waals surface area contributed by atoms with Gasteiger partial charge in [-0.1, -0.05) is 20.8 Å². The second-order valence-electron chi connectivity index (χ2n) is 3.10. The molecule has 0 heterocycles. The molecule has 0 aliphatic carbocycles. The van der Waals surface area contributed by atoms with Crippen LogP contribution in [-0.2, 0) is 23.9 Å². The Hall–Kier alpha value is -1.59. The molecule has 22 heavy (non-hydrogen) atoms. The van der Waals surface area contributed by atoms with Crippen LogP contribution in [0.3, 0.4) is 0 Å². The number of carboxylic acids is 3. The van der Waals surface area contributed by atoms with Crippen molar-refractivity contribution in [1.82, 2.24) is 0 Å². The summed E-state index contributed by atoms with van der Waals surface area (Å²) in [5.41, 5.74) is 0. The Bertz CT molecular complexity index is 258. The van der Waals surface area contributed by atoms with Gasteiger partial charge in [-0.25, -0.2) is 0 Å². The maximum absolute atomic E-state index is 9.82. The number of rotatable bonds is 4. The summed E-state index contributed by atoms with van der Waals surface area (Å²) in [5.74, 6) is -3.20. The summed E-state index contributed by atoms with van der Waals surface area (Å²) in [6.07, 6.45) is 0.333. The van der Waals surface area contributed by atoms with E-state index >= 15 is 0 Å². The molecule has 0 aliphatic rings. The number of carbonyl (C=O) groups excluding carboxylic acids is 4. The van der Waals surface area contributed by atoms with Crippen LogP contribution in [0.1, 0.15) is 53.9 Å². The van der Waals surface area contributed by atoms with Gasteiger partial charge < -0.3 is 34.4 Å². The van der Waals surface area contributed by atoms with E-state index in [1.54, 1.807) is 6.92 Å². The summed E-state index contributed by atoms with van der Waals surface area (Å²) >= 11 is 0. The van der Waals surface area contributed by atoms with Gasteiger partial charge in [-0.3, -0.25) is 4.79 Å². The number of aliphatic carboxylic acids is 3. The van der Waals surface area contributed by atoms with E-state index < -0.39 is 17.9 Å². The van der Waals surface area contributed by atoms with Crippen molar-refractivity contribution in [2.24, 2.45) is 0 Å². The maximum Gasteiger partial charge on any atom is 3.00 e. The molecule has 0 rings (SSSR count). The van der Waals surface area contributed by atoms with E-state index in [-0.39, 0.29) is 42.6 Å². The predicted molar refractivity (Wildman–Crippen MR) is 74.0 cm³/mol. The van der Waals surface area contributed by atoms with Crippen LogP contribution in [0.25, 0.3) is 0 Å². The zero-order valence-corrected chi connectivity index (χ0v) is 14.8. The fraction of sp³-hybridized carbons (Fsp3) is 0.692. The zero-order chi connectivity index (χ0) is 17.8. The third kappa shape index (κ3) is 102. The van der Waals surface area contributed by atoms with Crippen molar-refractivity contribution in [3.8, 4) is 0 Å². The van der Waals surface area contributed by atoms with E-state index in [1.807, 2.05) is 0 Å². The Kier molecular flexibility index (Phi) is 40.8. The molecule has 0 aromatic rings. The molecule has 0 N–H and O–H groups in total. The molecule has 0 aliphatic heterocycles. The van der Waals surface area contributed by atoms with Gasteiger partial charge in [-0.05, 0) is 26.2 Å². The van der Waals surface area contributed by atoms with Gasteiger partial charge in [0.1, 0.15) is 0 Å².